The summed E-state index contributed by atoms with van der Waals surface area (Å²) in [5.41, 5.74) is 4.77. The number of H-pyrrole nitrogens is 1. The Morgan fingerprint density at radius 3 is 2.71 bits per heavy atom. The van der Waals surface area contributed by atoms with Crippen LogP contribution in [0, 0.1) is 19.8 Å². The zero-order chi connectivity index (χ0) is 24.5. The third-order valence-corrected chi connectivity index (χ3v) is 6.97. The number of hydrogen-bond donors (Lipinski definition) is 1. The highest BCUT2D eigenvalue weighted by Crippen LogP contribution is 2.31. The molecule has 3 heterocycles. The van der Waals surface area contributed by atoms with E-state index in [1.165, 1.54) is 12.0 Å². The first-order valence-electron chi connectivity index (χ1n) is 12.2. The van der Waals surface area contributed by atoms with E-state index in [0.29, 0.717) is 23.9 Å². The second-order valence-corrected chi connectivity index (χ2v) is 9.79. The van der Waals surface area contributed by atoms with Crippen LogP contribution < -0.4 is 10.3 Å². The van der Waals surface area contributed by atoms with E-state index in [1.807, 2.05) is 41.9 Å². The average molecular weight is 473 g/mol. The van der Waals surface area contributed by atoms with Crippen molar-refractivity contribution >= 4 is 10.9 Å². The lowest BCUT2D eigenvalue weighted by Gasteiger charge is -2.36. The Morgan fingerprint density at radius 2 is 1.97 bits per heavy atom. The van der Waals surface area contributed by atoms with Crippen LogP contribution in [0.25, 0.3) is 10.9 Å². The van der Waals surface area contributed by atoms with Crippen LogP contribution in [0.3, 0.4) is 0 Å². The molecule has 1 aliphatic heterocycles. The highest BCUT2D eigenvalue weighted by Gasteiger charge is 2.33. The third kappa shape index (κ3) is 4.71. The molecule has 0 amide bonds. The Bertz CT molecular complexity index is 1390. The van der Waals surface area contributed by atoms with E-state index in [9.17, 15) is 4.79 Å². The number of fused-ring (bicyclic) bond motifs is 1. The molecule has 5 rings (SSSR count). The number of methoxy groups -OCH3 is 1. The number of nitrogens with one attached hydrogen (secondary N) is 1. The Hall–Kier alpha value is -3.52. The van der Waals surface area contributed by atoms with Crippen molar-refractivity contribution < 1.29 is 4.74 Å². The van der Waals surface area contributed by atoms with Crippen LogP contribution in [0.15, 0.2) is 47.3 Å². The molecule has 0 spiro atoms. The van der Waals surface area contributed by atoms with Crippen LogP contribution in [0.5, 0.6) is 5.75 Å². The molecule has 2 aromatic carbocycles. The Kier molecular flexibility index (Phi) is 6.38. The summed E-state index contributed by atoms with van der Waals surface area (Å²) in [5, 5.41) is 13.8. The Morgan fingerprint density at radius 1 is 1.17 bits per heavy atom. The molecule has 35 heavy (non-hydrogen) atoms. The first-order chi connectivity index (χ1) is 16.9. The van der Waals surface area contributed by atoms with Gasteiger partial charge in [0, 0.05) is 12.1 Å². The van der Waals surface area contributed by atoms with Gasteiger partial charge in [-0.25, -0.2) is 4.68 Å². The molecule has 0 bridgehead atoms. The topological polar surface area (TPSA) is 88.9 Å². The molecule has 0 unspecified atom stereocenters. The number of tetrazole rings is 1. The molecular formula is C27H32N6O2. The maximum absolute atomic E-state index is 13.5. The molecule has 0 saturated carbocycles. The van der Waals surface area contributed by atoms with Gasteiger partial charge in [0.25, 0.3) is 5.56 Å². The third-order valence-electron chi connectivity index (χ3n) is 6.97. The number of likely N-dealkylation sites (tertiary alicyclic amines) is 1. The van der Waals surface area contributed by atoms with Crippen molar-refractivity contribution in [1.29, 1.82) is 0 Å². The predicted octanol–water partition coefficient (Wildman–Crippen LogP) is 4.01. The predicted molar refractivity (Wildman–Crippen MR) is 136 cm³/mol. The van der Waals surface area contributed by atoms with E-state index in [0.717, 1.165) is 47.3 Å². The number of nitrogens with zero attached hydrogens (tertiary/aromatic N) is 5. The van der Waals surface area contributed by atoms with E-state index in [4.69, 9.17) is 4.74 Å². The van der Waals surface area contributed by atoms with Crippen molar-refractivity contribution in [1.82, 2.24) is 30.1 Å². The van der Waals surface area contributed by atoms with Gasteiger partial charge in [0.15, 0.2) is 5.82 Å². The van der Waals surface area contributed by atoms with Crippen molar-refractivity contribution in [2.75, 3.05) is 20.2 Å². The first kappa shape index (κ1) is 23.2. The number of rotatable bonds is 6. The van der Waals surface area contributed by atoms with Crippen LogP contribution in [0.4, 0.5) is 0 Å². The normalized spacial score (nSPS) is 17.5. The van der Waals surface area contributed by atoms with Crippen molar-refractivity contribution in [2.45, 2.75) is 46.2 Å². The van der Waals surface area contributed by atoms with E-state index < -0.39 is 0 Å². The molecule has 8 nitrogen and oxygen atoms in total. The molecule has 4 aromatic rings. The van der Waals surface area contributed by atoms with E-state index in [2.05, 4.69) is 51.4 Å². The van der Waals surface area contributed by atoms with Gasteiger partial charge in [0.2, 0.25) is 0 Å². The van der Waals surface area contributed by atoms with Crippen LogP contribution in [-0.4, -0.2) is 50.3 Å². The van der Waals surface area contributed by atoms with Crippen LogP contribution in [0.1, 0.15) is 53.9 Å². The van der Waals surface area contributed by atoms with Gasteiger partial charge in [-0.3, -0.25) is 9.69 Å². The van der Waals surface area contributed by atoms with E-state index in [-0.39, 0.29) is 11.6 Å². The molecule has 182 valence electrons. The lowest BCUT2D eigenvalue weighted by atomic mass is 9.95. The van der Waals surface area contributed by atoms with Gasteiger partial charge in [0.1, 0.15) is 11.8 Å². The summed E-state index contributed by atoms with van der Waals surface area (Å²) in [6.07, 6.45) is 2.27. The number of aromatic nitrogens is 5. The fourth-order valence-corrected chi connectivity index (χ4v) is 5.29. The molecule has 1 aliphatic rings. The second kappa shape index (κ2) is 9.62. The minimum atomic E-state index is -0.333. The first-order valence-corrected chi connectivity index (χ1v) is 12.2. The maximum atomic E-state index is 13.5. The number of ether oxygens (including phenoxy) is 1. The zero-order valence-electron chi connectivity index (χ0n) is 20.8. The van der Waals surface area contributed by atoms with Gasteiger partial charge in [-0.2, -0.15) is 0 Å². The van der Waals surface area contributed by atoms with Gasteiger partial charge in [0.05, 0.1) is 19.2 Å². The minimum absolute atomic E-state index is 0.0910. The van der Waals surface area contributed by atoms with Gasteiger partial charge in [-0.1, -0.05) is 30.7 Å². The van der Waals surface area contributed by atoms with Crippen LogP contribution in [0.2, 0.25) is 0 Å². The molecule has 2 atom stereocenters. The number of piperidine rings is 1. The largest absolute Gasteiger partial charge is 0.497 e. The zero-order valence-corrected chi connectivity index (χ0v) is 20.8. The fraction of sp³-hybridized carbons (Fsp3) is 0.407. The number of hydrogen-bond acceptors (Lipinski definition) is 6. The monoisotopic (exact) mass is 472 g/mol. The van der Waals surface area contributed by atoms with Crippen molar-refractivity contribution in [3.05, 3.63) is 80.9 Å². The standard InChI is InChI=1S/C27H32N6O2/c1-17-6-5-11-32(15-17)25(23-14-21-13-18(2)12-19(3)24(21)28-27(23)34)26-29-30-31-33(26)16-20-7-9-22(35-4)10-8-20/h7-10,12-14,17,25H,5-6,11,15-16H2,1-4H3,(H,28,34)/t17-,25+/m0/s1. The molecule has 0 aliphatic carbocycles. The average Bonchev–Trinajstić information content (AvgIpc) is 3.28. The van der Waals surface area contributed by atoms with Gasteiger partial charge in [-0.15, -0.1) is 5.10 Å². The lowest BCUT2D eigenvalue weighted by Crippen LogP contribution is -2.41. The SMILES string of the molecule is COc1ccc(Cn2nnnc2[C@@H](c2cc3cc(C)cc(C)c3[nH]c2=O)N2CCC[C@H](C)C2)cc1. The van der Waals surface area contributed by atoms with Crippen LogP contribution in [-0.2, 0) is 6.54 Å². The number of aryl methyl sites for hydroxylation is 2. The molecule has 8 heteroatoms. The minimum Gasteiger partial charge on any atom is -0.497 e. The molecule has 1 saturated heterocycles. The Balaban J connectivity index is 1.61. The second-order valence-electron chi connectivity index (χ2n) is 9.79. The maximum Gasteiger partial charge on any atom is 0.253 e. The number of benzene rings is 2. The summed E-state index contributed by atoms with van der Waals surface area (Å²) in [7, 11) is 1.66. The van der Waals surface area contributed by atoms with Gasteiger partial charge in [-0.05, 0) is 90.4 Å². The summed E-state index contributed by atoms with van der Waals surface area (Å²) in [4.78, 5) is 19.0. The lowest BCUT2D eigenvalue weighted by molar-refractivity contribution is 0.141. The Labute approximate surface area is 204 Å². The van der Waals surface area contributed by atoms with E-state index >= 15 is 0 Å². The van der Waals surface area contributed by atoms with Crippen molar-refractivity contribution in [2.24, 2.45) is 5.92 Å². The smallest absolute Gasteiger partial charge is 0.253 e. The van der Waals surface area contributed by atoms with Crippen LogP contribution >= 0.6 is 0 Å². The number of aromatic amines is 1. The molecule has 0 radical (unpaired) electrons. The summed E-state index contributed by atoms with van der Waals surface area (Å²) < 4.78 is 7.10. The quantitative estimate of drug-likeness (QED) is 0.456. The summed E-state index contributed by atoms with van der Waals surface area (Å²) in [6, 6.07) is 13.8. The molecular weight excluding hydrogens is 440 g/mol. The molecule has 2 aromatic heterocycles. The molecule has 1 fully saturated rings. The number of pyridine rings is 1. The summed E-state index contributed by atoms with van der Waals surface area (Å²) in [6.45, 7) is 8.68. The highest BCUT2D eigenvalue weighted by atomic mass is 16.5. The molecule has 1 N–H and O–H groups in total. The highest BCUT2D eigenvalue weighted by molar-refractivity contribution is 5.83. The summed E-state index contributed by atoms with van der Waals surface area (Å²) in [5.74, 6) is 2.03. The van der Waals surface area contributed by atoms with Gasteiger partial charge < -0.3 is 9.72 Å². The van der Waals surface area contributed by atoms with E-state index in [1.54, 1.807) is 7.11 Å². The summed E-state index contributed by atoms with van der Waals surface area (Å²) >= 11 is 0. The van der Waals surface area contributed by atoms with Crippen molar-refractivity contribution in [3.8, 4) is 5.75 Å². The fourth-order valence-electron chi connectivity index (χ4n) is 5.29. The van der Waals surface area contributed by atoms with Crippen molar-refractivity contribution in [3.63, 3.8) is 0 Å². The van der Waals surface area contributed by atoms with Gasteiger partial charge >= 0.3 is 0 Å².